The highest BCUT2D eigenvalue weighted by atomic mass is 16.5. The quantitative estimate of drug-likeness (QED) is 0.785. The zero-order valence-corrected chi connectivity index (χ0v) is 16.1. The summed E-state index contributed by atoms with van der Waals surface area (Å²) in [6.45, 7) is 9.88. The molecule has 0 spiro atoms. The van der Waals surface area contributed by atoms with Crippen LogP contribution in [-0.2, 0) is 11.3 Å². The average molecular weight is 371 g/mol. The number of amides is 2. The van der Waals surface area contributed by atoms with E-state index in [9.17, 15) is 4.79 Å². The van der Waals surface area contributed by atoms with Crippen molar-refractivity contribution >= 4 is 11.7 Å². The Balaban J connectivity index is 1.49. The van der Waals surface area contributed by atoms with Crippen molar-refractivity contribution in [3.05, 3.63) is 48.0 Å². The molecule has 0 unspecified atom stereocenters. The summed E-state index contributed by atoms with van der Waals surface area (Å²) >= 11 is 0. The number of hydrogen-bond donors (Lipinski definition) is 2. The normalized spacial score (nSPS) is 15.1. The molecule has 2 N–H and O–H groups in total. The first kappa shape index (κ1) is 19.4. The highest BCUT2D eigenvalue weighted by molar-refractivity contribution is 5.89. The van der Waals surface area contributed by atoms with E-state index in [2.05, 4.69) is 45.0 Å². The minimum atomic E-state index is -0.175. The molecular weight excluding hydrogens is 342 g/mol. The first-order valence-corrected chi connectivity index (χ1v) is 9.57. The van der Waals surface area contributed by atoms with Gasteiger partial charge in [-0.05, 0) is 17.7 Å². The predicted molar refractivity (Wildman–Crippen MR) is 106 cm³/mol. The minimum Gasteiger partial charge on any atom is -0.379 e. The van der Waals surface area contributed by atoms with Crippen molar-refractivity contribution in [3.63, 3.8) is 0 Å². The van der Waals surface area contributed by atoms with Gasteiger partial charge in [-0.25, -0.2) is 9.78 Å². The third-order valence-corrected chi connectivity index (χ3v) is 4.62. The highest BCUT2D eigenvalue weighted by Crippen LogP contribution is 2.16. The second-order valence-corrected chi connectivity index (χ2v) is 7.10. The fraction of sp³-hybridized carbons (Fsp3) is 0.500. The largest absolute Gasteiger partial charge is 0.379 e. The van der Waals surface area contributed by atoms with Gasteiger partial charge in [0.2, 0.25) is 0 Å². The molecule has 1 aromatic carbocycles. The molecule has 0 saturated carbocycles. The molecule has 1 saturated heterocycles. The number of carbonyl (C=O) groups excluding carboxylic acids is 1. The van der Waals surface area contributed by atoms with Gasteiger partial charge in [0.05, 0.1) is 13.2 Å². The van der Waals surface area contributed by atoms with E-state index in [-0.39, 0.29) is 6.03 Å². The second kappa shape index (κ2) is 9.53. The number of anilines is 1. The Bertz CT molecular complexity index is 737. The number of morpholine rings is 1. The summed E-state index contributed by atoms with van der Waals surface area (Å²) in [6.07, 6.45) is 3.83. The summed E-state index contributed by atoms with van der Waals surface area (Å²) in [6, 6.07) is 7.76. The Morgan fingerprint density at radius 1 is 1.30 bits per heavy atom. The number of benzene rings is 1. The molecule has 3 rings (SSSR count). The summed E-state index contributed by atoms with van der Waals surface area (Å²) in [5.74, 6) is 1.44. The molecule has 1 aliphatic heterocycles. The Morgan fingerprint density at radius 2 is 2.11 bits per heavy atom. The molecule has 7 nitrogen and oxygen atoms in total. The molecule has 146 valence electrons. The van der Waals surface area contributed by atoms with Crippen molar-refractivity contribution in [2.45, 2.75) is 26.3 Å². The number of hydrogen-bond acceptors (Lipinski definition) is 4. The van der Waals surface area contributed by atoms with Crippen LogP contribution in [0.4, 0.5) is 10.5 Å². The van der Waals surface area contributed by atoms with Gasteiger partial charge in [-0.2, -0.15) is 0 Å². The smallest absolute Gasteiger partial charge is 0.319 e. The monoisotopic (exact) mass is 371 g/mol. The zero-order valence-electron chi connectivity index (χ0n) is 16.1. The van der Waals surface area contributed by atoms with Crippen molar-refractivity contribution in [1.82, 2.24) is 19.8 Å². The molecule has 0 atom stereocenters. The molecule has 0 radical (unpaired) electrons. The van der Waals surface area contributed by atoms with Crippen LogP contribution in [-0.4, -0.2) is 59.9 Å². The van der Waals surface area contributed by atoms with E-state index in [1.54, 1.807) is 0 Å². The van der Waals surface area contributed by atoms with Crippen LogP contribution in [0.1, 0.15) is 31.2 Å². The Hall–Kier alpha value is -2.38. The van der Waals surface area contributed by atoms with Gasteiger partial charge >= 0.3 is 6.03 Å². The number of carbonyl (C=O) groups is 1. The standard InChI is InChI=1S/C20H29N5O2/c1-16(2)19-21-7-9-25(19)15-17-4-3-5-18(14-17)23-20(26)22-6-8-24-10-12-27-13-11-24/h3-5,7,9,14,16H,6,8,10-13,15H2,1-2H3,(H2,22,23,26). The van der Waals surface area contributed by atoms with E-state index in [4.69, 9.17) is 4.74 Å². The molecule has 1 aliphatic rings. The summed E-state index contributed by atoms with van der Waals surface area (Å²) in [4.78, 5) is 18.9. The lowest BCUT2D eigenvalue weighted by Crippen LogP contribution is -2.42. The third-order valence-electron chi connectivity index (χ3n) is 4.62. The lowest BCUT2D eigenvalue weighted by Gasteiger charge is -2.26. The van der Waals surface area contributed by atoms with Gasteiger partial charge in [-0.15, -0.1) is 0 Å². The molecule has 1 aromatic heterocycles. The lowest BCUT2D eigenvalue weighted by atomic mass is 10.1. The van der Waals surface area contributed by atoms with Gasteiger partial charge in [0.25, 0.3) is 0 Å². The van der Waals surface area contributed by atoms with Crippen molar-refractivity contribution in [2.24, 2.45) is 0 Å². The van der Waals surface area contributed by atoms with Crippen LogP contribution in [0, 0.1) is 0 Å². The number of rotatable bonds is 7. The number of aromatic nitrogens is 2. The molecule has 2 amide bonds. The third kappa shape index (κ3) is 5.80. The average Bonchev–Trinajstić information content (AvgIpc) is 3.11. The summed E-state index contributed by atoms with van der Waals surface area (Å²) < 4.78 is 7.47. The van der Waals surface area contributed by atoms with Crippen LogP contribution in [0.5, 0.6) is 0 Å². The van der Waals surface area contributed by atoms with Gasteiger partial charge in [-0.3, -0.25) is 4.90 Å². The van der Waals surface area contributed by atoms with E-state index >= 15 is 0 Å². The van der Waals surface area contributed by atoms with E-state index < -0.39 is 0 Å². The van der Waals surface area contributed by atoms with Crippen molar-refractivity contribution < 1.29 is 9.53 Å². The van der Waals surface area contributed by atoms with Crippen LogP contribution in [0.2, 0.25) is 0 Å². The Morgan fingerprint density at radius 3 is 2.89 bits per heavy atom. The molecular formula is C20H29N5O2. The predicted octanol–water partition coefficient (Wildman–Crippen LogP) is 2.51. The van der Waals surface area contributed by atoms with E-state index in [0.29, 0.717) is 12.5 Å². The number of ether oxygens (including phenoxy) is 1. The number of imidazole rings is 1. The molecule has 2 aromatic rings. The second-order valence-electron chi connectivity index (χ2n) is 7.10. The van der Waals surface area contributed by atoms with Crippen molar-refractivity contribution in [3.8, 4) is 0 Å². The maximum atomic E-state index is 12.1. The number of nitrogens with zero attached hydrogens (tertiary/aromatic N) is 3. The summed E-state index contributed by atoms with van der Waals surface area (Å²) in [7, 11) is 0. The maximum Gasteiger partial charge on any atom is 0.319 e. The molecule has 1 fully saturated rings. The minimum absolute atomic E-state index is 0.175. The van der Waals surface area contributed by atoms with Crippen LogP contribution >= 0.6 is 0 Å². The SMILES string of the molecule is CC(C)c1nccn1Cc1cccc(NC(=O)NCCN2CCOCC2)c1. The van der Waals surface area contributed by atoms with Crippen molar-refractivity contribution in [2.75, 3.05) is 44.7 Å². The van der Waals surface area contributed by atoms with Gasteiger partial charge in [0.1, 0.15) is 5.82 Å². The topological polar surface area (TPSA) is 71.4 Å². The first-order valence-electron chi connectivity index (χ1n) is 9.57. The maximum absolute atomic E-state index is 12.1. The summed E-state index contributed by atoms with van der Waals surface area (Å²) in [5.41, 5.74) is 1.92. The van der Waals surface area contributed by atoms with Crippen molar-refractivity contribution in [1.29, 1.82) is 0 Å². The Labute approximate surface area is 160 Å². The van der Waals surface area contributed by atoms with Gasteiger partial charge in [-0.1, -0.05) is 26.0 Å². The molecule has 2 heterocycles. The molecule has 27 heavy (non-hydrogen) atoms. The highest BCUT2D eigenvalue weighted by Gasteiger charge is 2.11. The number of nitrogens with one attached hydrogen (secondary N) is 2. The van der Waals surface area contributed by atoms with Gasteiger partial charge in [0.15, 0.2) is 0 Å². The fourth-order valence-corrected chi connectivity index (χ4v) is 3.23. The molecule has 0 aliphatic carbocycles. The molecule has 7 heteroatoms. The van der Waals surface area contributed by atoms with Crippen LogP contribution < -0.4 is 10.6 Å². The van der Waals surface area contributed by atoms with E-state index in [1.165, 1.54) is 0 Å². The van der Waals surface area contributed by atoms with Crippen LogP contribution in [0.25, 0.3) is 0 Å². The Kier molecular flexibility index (Phi) is 6.84. The van der Waals surface area contributed by atoms with Crippen LogP contribution in [0.15, 0.2) is 36.7 Å². The van der Waals surface area contributed by atoms with Gasteiger partial charge < -0.3 is 19.9 Å². The lowest BCUT2D eigenvalue weighted by molar-refractivity contribution is 0.0388. The molecule has 0 bridgehead atoms. The van der Waals surface area contributed by atoms with Gasteiger partial charge in [0, 0.05) is 56.7 Å². The zero-order chi connectivity index (χ0) is 19.1. The first-order chi connectivity index (χ1) is 13.1. The number of urea groups is 1. The van der Waals surface area contributed by atoms with E-state index in [0.717, 1.165) is 56.5 Å². The van der Waals surface area contributed by atoms with E-state index in [1.807, 2.05) is 30.6 Å². The summed E-state index contributed by atoms with van der Waals surface area (Å²) in [5, 5.41) is 5.84. The van der Waals surface area contributed by atoms with Crippen LogP contribution in [0.3, 0.4) is 0 Å². The fourth-order valence-electron chi connectivity index (χ4n) is 3.23.